The van der Waals surface area contributed by atoms with E-state index in [0.717, 1.165) is 45.7 Å². The lowest BCUT2D eigenvalue weighted by Gasteiger charge is -2.05. The first-order valence-corrected chi connectivity index (χ1v) is 12.6. The van der Waals surface area contributed by atoms with Crippen molar-refractivity contribution in [1.82, 2.24) is 25.3 Å². The highest BCUT2D eigenvalue weighted by molar-refractivity contribution is 8.03. The predicted octanol–water partition coefficient (Wildman–Crippen LogP) is 4.26. The molecule has 4 rings (SSSR count). The zero-order valence-electron chi connectivity index (χ0n) is 16.6. The van der Waals surface area contributed by atoms with Crippen molar-refractivity contribution in [3.05, 3.63) is 47.0 Å². The Morgan fingerprint density at radius 3 is 2.73 bits per heavy atom. The van der Waals surface area contributed by atoms with Crippen LogP contribution >= 0.6 is 34.9 Å². The van der Waals surface area contributed by atoms with E-state index in [4.69, 9.17) is 5.10 Å². The monoisotopic (exact) mass is 463 g/mol. The van der Waals surface area contributed by atoms with Gasteiger partial charge in [-0.2, -0.15) is 5.10 Å². The highest BCUT2D eigenvalue weighted by atomic mass is 32.2. The van der Waals surface area contributed by atoms with Crippen molar-refractivity contribution < 1.29 is 9.18 Å². The van der Waals surface area contributed by atoms with Gasteiger partial charge in [-0.05, 0) is 55.5 Å². The number of carbonyl (C=O) groups excluding carboxylic acids is 1. The fourth-order valence-electron chi connectivity index (χ4n) is 3.31. The van der Waals surface area contributed by atoms with Gasteiger partial charge in [0.1, 0.15) is 5.82 Å². The van der Waals surface area contributed by atoms with E-state index >= 15 is 0 Å². The first-order valence-electron chi connectivity index (χ1n) is 9.85. The summed E-state index contributed by atoms with van der Waals surface area (Å²) in [6, 6.07) is 6.47. The first-order chi connectivity index (χ1) is 14.6. The van der Waals surface area contributed by atoms with Crippen LogP contribution < -0.4 is 5.32 Å². The van der Waals surface area contributed by atoms with E-state index in [-0.39, 0.29) is 11.7 Å². The van der Waals surface area contributed by atoms with Crippen LogP contribution in [0.25, 0.3) is 5.69 Å². The lowest BCUT2D eigenvalue weighted by atomic mass is 10.2. The van der Waals surface area contributed by atoms with Crippen molar-refractivity contribution in [2.75, 3.05) is 12.3 Å². The number of benzene rings is 1. The number of carbonyl (C=O) groups is 1. The van der Waals surface area contributed by atoms with Crippen LogP contribution in [-0.2, 0) is 23.4 Å². The highest BCUT2D eigenvalue weighted by Gasteiger charge is 2.23. The summed E-state index contributed by atoms with van der Waals surface area (Å²) in [6.07, 6.45) is 4.06. The Bertz CT molecular complexity index is 1020. The van der Waals surface area contributed by atoms with Crippen LogP contribution in [0.3, 0.4) is 0 Å². The molecule has 0 bridgehead atoms. The summed E-state index contributed by atoms with van der Waals surface area (Å²) in [5.74, 6) is 0.848. The molecule has 6 nitrogen and oxygen atoms in total. The van der Waals surface area contributed by atoms with E-state index in [1.807, 2.05) is 11.6 Å². The van der Waals surface area contributed by atoms with Crippen molar-refractivity contribution in [3.8, 4) is 5.69 Å². The van der Waals surface area contributed by atoms with Gasteiger partial charge in [-0.25, -0.2) is 9.07 Å². The molecule has 0 fully saturated rings. The summed E-state index contributed by atoms with van der Waals surface area (Å²) >= 11 is 4.53. The second-order valence-corrected chi connectivity index (χ2v) is 10.3. The molecular weight excluding hydrogens is 441 g/mol. The average Bonchev–Trinajstić information content (AvgIpc) is 3.47. The molecule has 1 N–H and O–H groups in total. The van der Waals surface area contributed by atoms with Crippen LogP contribution in [-0.4, -0.2) is 38.2 Å². The maximum atomic E-state index is 13.3. The molecule has 0 saturated carbocycles. The van der Waals surface area contributed by atoms with Crippen LogP contribution in [0.2, 0.25) is 0 Å². The summed E-state index contributed by atoms with van der Waals surface area (Å²) in [6.45, 7) is 2.73. The van der Waals surface area contributed by atoms with Crippen molar-refractivity contribution in [1.29, 1.82) is 0 Å². The van der Waals surface area contributed by atoms with E-state index in [2.05, 4.69) is 15.5 Å². The maximum Gasteiger partial charge on any atom is 0.230 e. The molecule has 158 valence electrons. The number of aromatic nitrogens is 4. The summed E-state index contributed by atoms with van der Waals surface area (Å²) in [4.78, 5) is 11.7. The molecule has 1 aromatic carbocycles. The maximum absolute atomic E-state index is 13.3. The number of nitrogens with zero attached hydrogens (tertiary/aromatic N) is 4. The molecule has 2 aromatic heterocycles. The minimum absolute atomic E-state index is 0.0214. The Balaban J connectivity index is 1.39. The molecule has 0 aliphatic heterocycles. The highest BCUT2D eigenvalue weighted by Crippen LogP contribution is 2.34. The number of thioether (sulfide) groups is 2. The zero-order chi connectivity index (χ0) is 20.9. The summed E-state index contributed by atoms with van der Waals surface area (Å²) in [7, 11) is 0. The van der Waals surface area contributed by atoms with Gasteiger partial charge in [0.15, 0.2) is 8.68 Å². The van der Waals surface area contributed by atoms with Crippen molar-refractivity contribution in [3.63, 3.8) is 0 Å². The zero-order valence-corrected chi connectivity index (χ0v) is 19.0. The Labute approximate surface area is 187 Å². The van der Waals surface area contributed by atoms with Crippen LogP contribution in [0, 0.1) is 5.82 Å². The number of amides is 1. The molecule has 1 aliphatic rings. The van der Waals surface area contributed by atoms with Gasteiger partial charge in [0.25, 0.3) is 0 Å². The molecule has 0 atom stereocenters. The van der Waals surface area contributed by atoms with E-state index in [1.165, 1.54) is 46.5 Å². The normalized spacial score (nSPS) is 12.9. The van der Waals surface area contributed by atoms with Gasteiger partial charge in [0.2, 0.25) is 5.91 Å². The van der Waals surface area contributed by atoms with Crippen LogP contribution in [0.4, 0.5) is 4.39 Å². The number of halogens is 1. The van der Waals surface area contributed by atoms with Crippen LogP contribution in [0.15, 0.2) is 32.9 Å². The van der Waals surface area contributed by atoms with Crippen molar-refractivity contribution in [2.45, 2.75) is 47.0 Å². The van der Waals surface area contributed by atoms with Crippen LogP contribution in [0.1, 0.15) is 36.7 Å². The van der Waals surface area contributed by atoms with Crippen molar-refractivity contribution in [2.24, 2.45) is 0 Å². The minimum atomic E-state index is -0.244. The third kappa shape index (κ3) is 5.04. The molecule has 1 aliphatic carbocycles. The molecule has 0 radical (unpaired) electrons. The van der Waals surface area contributed by atoms with Gasteiger partial charge in [-0.1, -0.05) is 41.8 Å². The van der Waals surface area contributed by atoms with E-state index < -0.39 is 0 Å². The quantitative estimate of drug-likeness (QED) is 0.478. The van der Waals surface area contributed by atoms with Crippen molar-refractivity contribution >= 4 is 40.8 Å². The SMILES string of the molecule is CCCNC(=O)CSc1nnc(SCc2nn(-c3ccc(F)cc3)c3c2CCC3)s1. The van der Waals surface area contributed by atoms with Gasteiger partial charge >= 0.3 is 0 Å². The Kier molecular flexibility index (Phi) is 7.06. The molecule has 0 unspecified atom stereocenters. The second-order valence-electron chi connectivity index (χ2n) is 6.87. The van der Waals surface area contributed by atoms with Gasteiger partial charge in [0.05, 0.1) is 17.1 Å². The molecule has 10 heteroatoms. The molecule has 0 spiro atoms. The van der Waals surface area contributed by atoms with Gasteiger partial charge in [-0.15, -0.1) is 10.2 Å². The summed E-state index contributed by atoms with van der Waals surface area (Å²) < 4.78 is 16.9. The molecular formula is C20H22FN5OS3. The first kappa shape index (κ1) is 21.3. The topological polar surface area (TPSA) is 72.7 Å². The van der Waals surface area contributed by atoms with Gasteiger partial charge < -0.3 is 5.32 Å². The average molecular weight is 464 g/mol. The molecule has 1 amide bonds. The second kappa shape index (κ2) is 9.93. The minimum Gasteiger partial charge on any atom is -0.355 e. The lowest BCUT2D eigenvalue weighted by Crippen LogP contribution is -2.25. The van der Waals surface area contributed by atoms with E-state index in [0.29, 0.717) is 18.1 Å². The fraction of sp³-hybridized carbons (Fsp3) is 0.400. The van der Waals surface area contributed by atoms with E-state index in [1.54, 1.807) is 23.9 Å². The standard InChI is InChI=1S/C20H22FN5OS3/c1-2-10-22-18(27)12-29-20-24-23-19(30-20)28-11-16-15-4-3-5-17(15)26(25-16)14-8-6-13(21)7-9-14/h6-9H,2-5,10-12H2,1H3,(H,22,27). The Hall–Kier alpha value is -1.91. The van der Waals surface area contributed by atoms with Gasteiger partial charge in [-0.3, -0.25) is 4.79 Å². The fourth-order valence-corrected chi connectivity index (χ4v) is 6.13. The largest absolute Gasteiger partial charge is 0.355 e. The van der Waals surface area contributed by atoms with Gasteiger partial charge in [0, 0.05) is 18.0 Å². The number of hydrogen-bond donors (Lipinski definition) is 1. The summed E-state index contributed by atoms with van der Waals surface area (Å²) in [5.41, 5.74) is 4.48. The molecule has 3 aromatic rings. The van der Waals surface area contributed by atoms with Crippen LogP contribution in [0.5, 0.6) is 0 Å². The van der Waals surface area contributed by atoms with E-state index in [9.17, 15) is 9.18 Å². The lowest BCUT2D eigenvalue weighted by molar-refractivity contribution is -0.118. The number of fused-ring (bicyclic) bond motifs is 1. The number of hydrogen-bond acceptors (Lipinski definition) is 7. The third-order valence-corrected chi connectivity index (χ3v) is 7.90. The predicted molar refractivity (Wildman–Crippen MR) is 119 cm³/mol. The smallest absolute Gasteiger partial charge is 0.230 e. The number of rotatable bonds is 9. The summed E-state index contributed by atoms with van der Waals surface area (Å²) in [5, 5.41) is 16.1. The molecule has 2 heterocycles. The third-order valence-electron chi connectivity index (χ3n) is 4.70. The Morgan fingerprint density at radius 1 is 1.20 bits per heavy atom. The molecule has 0 saturated heterocycles. The number of nitrogens with one attached hydrogen (secondary N) is 1. The molecule has 30 heavy (non-hydrogen) atoms. The Morgan fingerprint density at radius 2 is 1.97 bits per heavy atom.